The van der Waals surface area contributed by atoms with Crippen LogP contribution >= 0.6 is 0 Å². The number of phenols is 1. The molecule has 30 heteroatoms. The fraction of sp³-hybridized carbons (Fsp3) is 0.347. The molecular formula is C75H81F2N13O15. The van der Waals surface area contributed by atoms with Crippen LogP contribution in [0, 0.1) is 17.6 Å². The molecule has 28 nitrogen and oxygen atoms in total. The Balaban J connectivity index is 1.02. The van der Waals surface area contributed by atoms with Crippen LogP contribution < -0.4 is 53.0 Å². The van der Waals surface area contributed by atoms with Gasteiger partial charge in [-0.2, -0.15) is 0 Å². The molecule has 1 saturated heterocycles. The molecule has 0 spiro atoms. The van der Waals surface area contributed by atoms with E-state index in [1.54, 1.807) is 60.8 Å². The van der Waals surface area contributed by atoms with Crippen molar-refractivity contribution in [3.8, 4) is 11.5 Å². The molecule has 11 rings (SSSR count). The second kappa shape index (κ2) is 34.7. The number of ether oxygens (including phenoxy) is 2. The van der Waals surface area contributed by atoms with E-state index in [9.17, 15) is 43.1 Å². The number of hydrogen-bond donors (Lipinski definition) is 12. The van der Waals surface area contributed by atoms with Crippen LogP contribution in [0.4, 0.5) is 8.78 Å². The number of carbonyl (C=O) groups excluding carboxylic acids is 12. The van der Waals surface area contributed by atoms with Gasteiger partial charge >= 0.3 is 5.97 Å². The van der Waals surface area contributed by atoms with Crippen molar-refractivity contribution >= 4 is 98.8 Å². The molecular weight excluding hydrogens is 1360 g/mol. The number of H-pyrrole nitrogens is 2. The molecule has 8 atom stereocenters. The molecule has 6 heterocycles. The zero-order valence-electron chi connectivity index (χ0n) is 57.5. The van der Waals surface area contributed by atoms with Crippen molar-refractivity contribution in [2.75, 3.05) is 26.2 Å². The van der Waals surface area contributed by atoms with Crippen molar-refractivity contribution < 1.29 is 80.9 Å². The van der Waals surface area contributed by atoms with E-state index in [0.29, 0.717) is 50.9 Å². The van der Waals surface area contributed by atoms with Crippen molar-refractivity contribution in [1.29, 1.82) is 0 Å². The molecule has 2 aromatic heterocycles. The number of aromatic nitrogens is 2. The van der Waals surface area contributed by atoms with Gasteiger partial charge in [-0.05, 0) is 120 Å². The van der Waals surface area contributed by atoms with Gasteiger partial charge in [0, 0.05) is 105 Å². The largest absolute Gasteiger partial charge is 0.508 e. The maximum absolute atomic E-state index is 15.5. The van der Waals surface area contributed by atoms with Gasteiger partial charge in [0.15, 0.2) is 5.78 Å². The minimum absolute atomic E-state index is 0.0129. The molecule has 13 N–H and O–H groups in total. The third-order valence-electron chi connectivity index (χ3n) is 18.6. The normalized spacial score (nSPS) is 22.5. The second-order valence-corrected chi connectivity index (χ2v) is 26.4. The molecule has 1 unspecified atom stereocenters. The summed E-state index contributed by atoms with van der Waals surface area (Å²) in [5.74, 6) is -13.2. The number of aromatic hydroxyl groups is 1. The van der Waals surface area contributed by atoms with Gasteiger partial charge in [-0.15, -0.1) is 0 Å². The topological polar surface area (TPSA) is 413 Å². The number of nitrogens with one attached hydrogen (secondary N) is 10. The van der Waals surface area contributed by atoms with E-state index in [1.165, 1.54) is 91.1 Å². The average Bonchev–Trinajstić information content (AvgIpc) is 1.61. The first-order valence-electron chi connectivity index (χ1n) is 34.2. The lowest BCUT2D eigenvalue weighted by atomic mass is 9.89. The lowest BCUT2D eigenvalue weighted by Crippen LogP contribution is -2.62. The number of aliphatic imine (C=N–C) groups is 1. The number of amides is 10. The van der Waals surface area contributed by atoms with Crippen LogP contribution in [0.25, 0.3) is 21.8 Å². The maximum atomic E-state index is 15.5. The molecule has 2 bridgehead atoms. The van der Waals surface area contributed by atoms with Gasteiger partial charge in [0.1, 0.15) is 72.1 Å². The number of halogens is 2. The summed E-state index contributed by atoms with van der Waals surface area (Å²) in [4.78, 5) is 184. The number of aromatic amines is 2. The van der Waals surface area contributed by atoms with Gasteiger partial charge in [-0.1, -0.05) is 54.6 Å². The zero-order chi connectivity index (χ0) is 74.9. The van der Waals surface area contributed by atoms with Crippen LogP contribution in [0.2, 0.25) is 0 Å². The summed E-state index contributed by atoms with van der Waals surface area (Å²) in [6.07, 6.45) is 3.09. The summed E-state index contributed by atoms with van der Waals surface area (Å²) in [6, 6.07) is 18.7. The van der Waals surface area contributed by atoms with Crippen LogP contribution in [0.1, 0.15) is 86.6 Å². The van der Waals surface area contributed by atoms with Crippen molar-refractivity contribution in [2.45, 2.75) is 133 Å². The number of primary amides is 1. The van der Waals surface area contributed by atoms with Crippen molar-refractivity contribution in [3.05, 3.63) is 179 Å². The van der Waals surface area contributed by atoms with Crippen LogP contribution in [0.5, 0.6) is 11.5 Å². The Hall–Kier alpha value is -12.1. The van der Waals surface area contributed by atoms with Gasteiger partial charge in [-0.25, -0.2) is 8.78 Å². The SMILES string of the molecule is CC(=O)N[C@@H]1CC(=O)NCCOc2ccc(cc2)CC(C(N)=O)NC(=O)[C@]2(C)CCCN2C(=O)[C@H](Cc2ccc(O)cc2)NC(=O)[C@H](CC2=CN=CC2)CC(=O)[C@H](CC(=O)OCc2ccccc2)NC(=O)[C@H](Cc2c[nH]c3ccc(F)cc23)NC(=O)[C@H](Cc2c[nH]c3ccc(F)cc23)NC(=O)CNC1=O. The molecule has 0 aliphatic carbocycles. The molecule has 4 aliphatic heterocycles. The zero-order valence-corrected chi connectivity index (χ0v) is 57.5. The van der Waals surface area contributed by atoms with E-state index in [-0.39, 0.29) is 80.7 Å². The van der Waals surface area contributed by atoms with E-state index in [4.69, 9.17) is 15.2 Å². The number of nitrogens with zero attached hydrogens (tertiary/aromatic N) is 2. The number of rotatable bonds is 14. The fourth-order valence-corrected chi connectivity index (χ4v) is 12.9. The van der Waals surface area contributed by atoms with E-state index < -0.39 is 169 Å². The predicted octanol–water partition coefficient (Wildman–Crippen LogP) is 3.17. The van der Waals surface area contributed by atoms with Crippen LogP contribution in [0.15, 0.2) is 144 Å². The molecule has 0 radical (unpaired) electrons. The van der Waals surface area contributed by atoms with Gasteiger partial charge in [-0.3, -0.25) is 62.5 Å². The number of phenolic OH excluding ortho intramolecular Hbond substituents is 1. The highest BCUT2D eigenvalue weighted by Crippen LogP contribution is 2.32. The molecule has 105 heavy (non-hydrogen) atoms. The second-order valence-electron chi connectivity index (χ2n) is 26.4. The molecule has 7 aromatic rings. The fourth-order valence-electron chi connectivity index (χ4n) is 12.9. The Bertz CT molecular complexity index is 4490. The average molecular weight is 1440 g/mol. The standard InChI is InChI=1S/C75H81F2N13O15/c1-42(91)84-62-35-65(94)80-24-26-104-53-17-11-44(12-18-53)28-59(68(78)97)89-74(103)75(2)22-6-25-90(75)73(102)63(29-43-9-15-52(92)16-10-43)88-69(98)47(27-46-21-23-79-37-46)32-64(93)58(36-67(96)105-41-45-7-4-3-5-8-45)86-72(101)61(31-49-39-82-57-20-14-51(77)34-55(49)57)87-71(100)60(85-66(95)40-83-70(62)99)30-48-38-81-56-19-13-50(76)33-54(48)56/h3-5,7-20,23,33-34,37-39,47,58-63,81-82,92H,6,21-22,24-32,35-36,40-41H2,1-2H3,(H2,78,97)(H,80,94)(H,83,99)(H,84,91)(H,85,95)(H,86,101)(H,87,100)(H,88,98)(H,89,103)/t47-,58+,59?,60+,61+,62-,63+,75+/m1/s1. The van der Waals surface area contributed by atoms with Crippen molar-refractivity contribution in [1.82, 2.24) is 57.4 Å². The third-order valence-corrected chi connectivity index (χ3v) is 18.6. The summed E-state index contributed by atoms with van der Waals surface area (Å²) in [6.45, 7) is 1.31. The summed E-state index contributed by atoms with van der Waals surface area (Å²) in [5, 5.41) is 31.7. The molecule has 0 saturated carbocycles. The smallest absolute Gasteiger partial charge is 0.308 e. The number of nitrogens with two attached hydrogens (primary N) is 1. The van der Waals surface area contributed by atoms with Gasteiger partial charge in [0.25, 0.3) is 0 Å². The van der Waals surface area contributed by atoms with E-state index in [0.717, 1.165) is 6.92 Å². The lowest BCUT2D eigenvalue weighted by molar-refractivity contribution is -0.148. The Morgan fingerprint density at radius 3 is 1.95 bits per heavy atom. The van der Waals surface area contributed by atoms with Crippen molar-refractivity contribution in [2.24, 2.45) is 16.6 Å². The summed E-state index contributed by atoms with van der Waals surface area (Å²) >= 11 is 0. The van der Waals surface area contributed by atoms with Crippen molar-refractivity contribution in [3.63, 3.8) is 0 Å². The Kier molecular flexibility index (Phi) is 25.0. The first-order chi connectivity index (χ1) is 50.3. The first kappa shape index (κ1) is 75.6. The van der Waals surface area contributed by atoms with Crippen LogP contribution in [0.3, 0.4) is 0 Å². The third kappa shape index (κ3) is 20.4. The van der Waals surface area contributed by atoms with E-state index in [1.807, 2.05) is 0 Å². The Morgan fingerprint density at radius 2 is 1.32 bits per heavy atom. The summed E-state index contributed by atoms with van der Waals surface area (Å²) in [5.41, 5.74) is 7.79. The van der Waals surface area contributed by atoms with Crippen LogP contribution in [-0.2, 0) is 94.6 Å². The van der Waals surface area contributed by atoms with Gasteiger partial charge < -0.3 is 77.7 Å². The molecule has 10 amide bonds. The number of Topliss-reactive ketones (excluding diaryl/α,β-unsaturated/α-hetero) is 1. The number of allylic oxidation sites excluding steroid dienone is 1. The molecule has 5 aromatic carbocycles. The van der Waals surface area contributed by atoms with Gasteiger partial charge in [0.05, 0.1) is 32.0 Å². The monoisotopic (exact) mass is 1440 g/mol. The number of benzene rings is 5. The maximum Gasteiger partial charge on any atom is 0.308 e. The number of fused-ring (bicyclic) bond motifs is 32. The highest BCUT2D eigenvalue weighted by Gasteiger charge is 2.49. The summed E-state index contributed by atoms with van der Waals surface area (Å²) < 4.78 is 41.5. The number of esters is 1. The molecule has 550 valence electrons. The van der Waals surface area contributed by atoms with Gasteiger partial charge in [0.2, 0.25) is 59.1 Å². The predicted molar refractivity (Wildman–Crippen MR) is 378 cm³/mol. The minimum Gasteiger partial charge on any atom is -0.508 e. The Labute approximate surface area is 600 Å². The number of hydrogen-bond acceptors (Lipinski definition) is 16. The van der Waals surface area contributed by atoms with E-state index >= 15 is 28.4 Å². The first-order valence-corrected chi connectivity index (χ1v) is 34.2. The number of ketones is 1. The van der Waals surface area contributed by atoms with E-state index in [2.05, 4.69) is 57.5 Å². The highest BCUT2D eigenvalue weighted by molar-refractivity contribution is 6.01. The minimum atomic E-state index is -1.86. The summed E-state index contributed by atoms with van der Waals surface area (Å²) in [7, 11) is 0. The highest BCUT2D eigenvalue weighted by atomic mass is 19.1. The Morgan fingerprint density at radius 1 is 0.686 bits per heavy atom. The number of carbonyl (C=O) groups is 12. The molecule has 4 aliphatic rings. The van der Waals surface area contributed by atoms with Crippen LogP contribution in [-0.4, -0.2) is 165 Å². The lowest BCUT2D eigenvalue weighted by Gasteiger charge is -2.37. The quantitative estimate of drug-likeness (QED) is 0.0550. The molecule has 1 fully saturated rings.